The second-order valence-electron chi connectivity index (χ2n) is 4.31. The first-order valence-electron chi connectivity index (χ1n) is 5.58. The number of anilines is 1. The molecular formula is C10H14N6O2. The van der Waals surface area contributed by atoms with E-state index in [1.54, 1.807) is 6.20 Å². The van der Waals surface area contributed by atoms with Crippen LogP contribution in [0.15, 0.2) is 12.4 Å². The third kappa shape index (κ3) is 2.36. The van der Waals surface area contributed by atoms with Crippen molar-refractivity contribution in [2.45, 2.75) is 13.8 Å². The third-order valence-electron chi connectivity index (χ3n) is 2.73. The molecule has 1 unspecified atom stereocenters. The summed E-state index contributed by atoms with van der Waals surface area (Å²) in [5, 5.41) is 23.2. The molecule has 0 saturated heterocycles. The predicted molar refractivity (Wildman–Crippen MR) is 63.0 cm³/mol. The molecule has 0 fully saturated rings. The zero-order valence-electron chi connectivity index (χ0n) is 10.1. The number of hydrogen-bond acceptors (Lipinski definition) is 6. The summed E-state index contributed by atoms with van der Waals surface area (Å²) in [5.41, 5.74) is 0.511. The Morgan fingerprint density at radius 1 is 1.50 bits per heavy atom. The lowest BCUT2D eigenvalue weighted by atomic mass is 9.96. The average Bonchev–Trinajstić information content (AvgIpc) is 2.77. The van der Waals surface area contributed by atoms with Gasteiger partial charge in [0.05, 0.1) is 18.3 Å². The van der Waals surface area contributed by atoms with Gasteiger partial charge in [-0.25, -0.2) is 0 Å². The summed E-state index contributed by atoms with van der Waals surface area (Å²) in [4.78, 5) is 15.1. The number of nitrogens with zero attached hydrogens (tertiary/aromatic N) is 5. The number of tetrazole rings is 1. The lowest BCUT2D eigenvalue weighted by Gasteiger charge is -2.17. The van der Waals surface area contributed by atoms with Crippen molar-refractivity contribution in [3.63, 3.8) is 0 Å². The summed E-state index contributed by atoms with van der Waals surface area (Å²) < 4.78 is 1.48. The highest BCUT2D eigenvalue weighted by Crippen LogP contribution is 2.13. The van der Waals surface area contributed by atoms with Gasteiger partial charge in [0.2, 0.25) is 0 Å². The third-order valence-corrected chi connectivity index (χ3v) is 2.73. The molecule has 0 spiro atoms. The number of carbonyl (C=O) groups is 1. The molecule has 8 nitrogen and oxygen atoms in total. The summed E-state index contributed by atoms with van der Waals surface area (Å²) in [6, 6.07) is 0. The molecule has 8 heteroatoms. The van der Waals surface area contributed by atoms with Gasteiger partial charge in [-0.15, -0.1) is 5.10 Å². The Balaban J connectivity index is 2.14. The van der Waals surface area contributed by atoms with Gasteiger partial charge < -0.3 is 10.4 Å². The monoisotopic (exact) mass is 250 g/mol. The largest absolute Gasteiger partial charge is 0.481 e. The van der Waals surface area contributed by atoms with Gasteiger partial charge in [0.1, 0.15) is 5.82 Å². The molecule has 96 valence electrons. The van der Waals surface area contributed by atoms with Crippen LogP contribution in [0.5, 0.6) is 0 Å². The highest BCUT2D eigenvalue weighted by molar-refractivity contribution is 5.71. The van der Waals surface area contributed by atoms with Crippen LogP contribution in [0.1, 0.15) is 13.8 Å². The summed E-state index contributed by atoms with van der Waals surface area (Å²) >= 11 is 0. The Morgan fingerprint density at radius 3 is 2.94 bits per heavy atom. The molecule has 0 bridgehead atoms. The van der Waals surface area contributed by atoms with Crippen molar-refractivity contribution < 1.29 is 9.90 Å². The number of aliphatic carboxylic acids is 1. The summed E-state index contributed by atoms with van der Waals surface area (Å²) in [7, 11) is 0. The maximum Gasteiger partial charge on any atom is 0.308 e. The lowest BCUT2D eigenvalue weighted by molar-refractivity contribution is -0.142. The Bertz CT molecular complexity index is 552. The summed E-state index contributed by atoms with van der Waals surface area (Å²) in [6.45, 7) is 4.04. The number of hydrogen-bond donors (Lipinski definition) is 2. The number of aromatic nitrogens is 5. The van der Waals surface area contributed by atoms with Gasteiger partial charge in [-0.2, -0.15) is 4.52 Å². The van der Waals surface area contributed by atoms with Gasteiger partial charge in [-0.3, -0.25) is 9.78 Å². The molecule has 0 aliphatic rings. The number of fused-ring (bicyclic) bond motifs is 1. The van der Waals surface area contributed by atoms with Crippen LogP contribution in [-0.2, 0) is 4.79 Å². The van der Waals surface area contributed by atoms with Crippen molar-refractivity contribution in [2.24, 2.45) is 11.8 Å². The molecule has 18 heavy (non-hydrogen) atoms. The van der Waals surface area contributed by atoms with Gasteiger partial charge in [-0.05, 0) is 16.3 Å². The van der Waals surface area contributed by atoms with Crippen LogP contribution in [0.2, 0.25) is 0 Å². The quantitative estimate of drug-likeness (QED) is 0.785. The zero-order chi connectivity index (χ0) is 13.1. The van der Waals surface area contributed by atoms with Crippen molar-refractivity contribution in [1.29, 1.82) is 0 Å². The van der Waals surface area contributed by atoms with E-state index in [0.717, 1.165) is 0 Å². The van der Waals surface area contributed by atoms with Crippen LogP contribution in [0.3, 0.4) is 0 Å². The van der Waals surface area contributed by atoms with E-state index in [1.165, 1.54) is 10.7 Å². The van der Waals surface area contributed by atoms with Gasteiger partial charge >= 0.3 is 5.97 Å². The maximum absolute atomic E-state index is 11.1. The van der Waals surface area contributed by atoms with E-state index < -0.39 is 11.9 Å². The standard InChI is InChI=1S/C10H14N6O2/c1-6(2)7(10(17)18)3-12-8-4-11-5-9-13-14-15-16(8)9/h4-7,12H,3H2,1-2H3,(H,17,18). The van der Waals surface area contributed by atoms with Crippen LogP contribution in [0.4, 0.5) is 5.82 Å². The first kappa shape index (κ1) is 12.2. The first-order valence-corrected chi connectivity index (χ1v) is 5.58. The van der Waals surface area contributed by atoms with Crippen molar-refractivity contribution in [1.82, 2.24) is 25.0 Å². The minimum Gasteiger partial charge on any atom is -0.481 e. The van der Waals surface area contributed by atoms with Crippen LogP contribution < -0.4 is 5.32 Å². The van der Waals surface area contributed by atoms with Crippen LogP contribution in [-0.4, -0.2) is 42.6 Å². The average molecular weight is 250 g/mol. The summed E-state index contributed by atoms with van der Waals surface area (Å²) in [5.74, 6) is -0.688. The number of carboxylic acid groups (broad SMARTS) is 1. The Hall–Kier alpha value is -2.25. The molecular weight excluding hydrogens is 236 g/mol. The van der Waals surface area contributed by atoms with Crippen molar-refractivity contribution >= 4 is 17.4 Å². The molecule has 2 aromatic rings. The Labute approximate surface area is 103 Å². The van der Waals surface area contributed by atoms with Gasteiger partial charge in [-0.1, -0.05) is 13.8 Å². The van der Waals surface area contributed by atoms with Gasteiger partial charge in [0.25, 0.3) is 0 Å². The normalized spacial score (nSPS) is 12.8. The number of carboxylic acids is 1. The Kier molecular flexibility index (Phi) is 3.35. The topological polar surface area (TPSA) is 105 Å². The molecule has 2 rings (SSSR count). The number of nitrogens with one attached hydrogen (secondary N) is 1. The zero-order valence-corrected chi connectivity index (χ0v) is 10.1. The fourth-order valence-electron chi connectivity index (χ4n) is 1.62. The first-order chi connectivity index (χ1) is 8.59. The predicted octanol–water partition coefficient (Wildman–Crippen LogP) is 0.288. The molecule has 1 atom stereocenters. The van der Waals surface area contributed by atoms with Gasteiger partial charge in [0.15, 0.2) is 5.65 Å². The van der Waals surface area contributed by atoms with Crippen molar-refractivity contribution in [3.05, 3.63) is 12.4 Å². The SMILES string of the molecule is CC(C)C(CNc1cncc2nnnn12)C(=O)O. The van der Waals surface area contributed by atoms with Crippen molar-refractivity contribution in [3.8, 4) is 0 Å². The Morgan fingerprint density at radius 2 is 2.28 bits per heavy atom. The minimum atomic E-state index is -0.825. The lowest BCUT2D eigenvalue weighted by Crippen LogP contribution is -2.28. The number of rotatable bonds is 5. The molecule has 0 saturated carbocycles. The molecule has 0 amide bonds. The van der Waals surface area contributed by atoms with E-state index in [2.05, 4.69) is 25.8 Å². The van der Waals surface area contributed by atoms with E-state index in [4.69, 9.17) is 5.11 Å². The fourth-order valence-corrected chi connectivity index (χ4v) is 1.62. The molecule has 0 aliphatic heterocycles. The maximum atomic E-state index is 11.1. The second-order valence-corrected chi connectivity index (χ2v) is 4.31. The second kappa shape index (κ2) is 4.94. The van der Waals surface area contributed by atoms with Crippen LogP contribution in [0, 0.1) is 11.8 Å². The highest BCUT2D eigenvalue weighted by atomic mass is 16.4. The van der Waals surface area contributed by atoms with Crippen LogP contribution in [0.25, 0.3) is 5.65 Å². The summed E-state index contributed by atoms with van der Waals surface area (Å²) in [6.07, 6.45) is 3.09. The fraction of sp³-hybridized carbons (Fsp3) is 0.500. The molecule has 0 aromatic carbocycles. The van der Waals surface area contributed by atoms with E-state index in [9.17, 15) is 4.79 Å². The molecule has 2 aromatic heterocycles. The van der Waals surface area contributed by atoms with Crippen LogP contribution >= 0.6 is 0 Å². The van der Waals surface area contributed by atoms with E-state index in [-0.39, 0.29) is 5.92 Å². The van der Waals surface area contributed by atoms with E-state index in [0.29, 0.717) is 18.0 Å². The molecule has 2 heterocycles. The van der Waals surface area contributed by atoms with Gasteiger partial charge in [0, 0.05) is 6.54 Å². The van der Waals surface area contributed by atoms with Crippen molar-refractivity contribution in [2.75, 3.05) is 11.9 Å². The van der Waals surface area contributed by atoms with E-state index >= 15 is 0 Å². The molecule has 0 aliphatic carbocycles. The highest BCUT2D eigenvalue weighted by Gasteiger charge is 2.21. The smallest absolute Gasteiger partial charge is 0.308 e. The molecule has 0 radical (unpaired) electrons. The molecule has 2 N–H and O–H groups in total. The van der Waals surface area contributed by atoms with E-state index in [1.807, 2.05) is 13.8 Å². The minimum absolute atomic E-state index is 0.0380.